The van der Waals surface area contributed by atoms with Crippen molar-refractivity contribution in [2.24, 2.45) is 0 Å². The lowest BCUT2D eigenvalue weighted by Crippen LogP contribution is -2.28. The second-order valence-electron chi connectivity index (χ2n) is 9.91. The lowest BCUT2D eigenvalue weighted by Gasteiger charge is -2.12. The van der Waals surface area contributed by atoms with Crippen molar-refractivity contribution in [2.45, 2.75) is 19.3 Å². The molecule has 0 saturated carbocycles. The molecule has 9 nitrogen and oxygen atoms in total. The van der Waals surface area contributed by atoms with Gasteiger partial charge >= 0.3 is 6.03 Å². The molecule has 0 atom stereocenters. The van der Waals surface area contributed by atoms with Gasteiger partial charge in [-0.05, 0) is 85.0 Å². The third kappa shape index (κ3) is 5.95. The van der Waals surface area contributed by atoms with Crippen LogP contribution in [0.2, 0.25) is 0 Å². The minimum Gasteiger partial charge on any atom is -0.508 e. The van der Waals surface area contributed by atoms with Crippen LogP contribution in [-0.2, 0) is 6.42 Å². The Morgan fingerprint density at radius 2 is 1.57 bits per heavy atom. The standard InChI is InChI=1S/C33H29N5O4/c39-26-14-8-22(9-15-26)28-29-31(35-20-36-32(29)42-30(28)23-10-16-27(40)17-11-23)34-19-18-21-6-12-25(13-7-21)38-33(41)37-24-4-2-1-3-5-24/h1-2,4,6-17,20,39-40H,3,5,18-19H2,(H,34,35,36)(H2,37,38,41). The van der Waals surface area contributed by atoms with Gasteiger partial charge in [0.1, 0.15) is 29.4 Å². The van der Waals surface area contributed by atoms with Crippen LogP contribution in [-0.4, -0.2) is 32.8 Å². The Bertz CT molecular complexity index is 1770. The van der Waals surface area contributed by atoms with Gasteiger partial charge < -0.3 is 30.6 Å². The number of anilines is 2. The molecular weight excluding hydrogens is 530 g/mol. The predicted octanol–water partition coefficient (Wildman–Crippen LogP) is 6.98. The zero-order chi connectivity index (χ0) is 28.9. The fourth-order valence-corrected chi connectivity index (χ4v) is 4.88. The van der Waals surface area contributed by atoms with Gasteiger partial charge in [0, 0.05) is 29.1 Å². The highest BCUT2D eigenvalue weighted by molar-refractivity contribution is 6.06. The van der Waals surface area contributed by atoms with E-state index in [0.717, 1.165) is 46.2 Å². The second kappa shape index (κ2) is 11.9. The van der Waals surface area contributed by atoms with Crippen molar-refractivity contribution in [2.75, 3.05) is 17.2 Å². The van der Waals surface area contributed by atoms with Crippen molar-refractivity contribution in [1.29, 1.82) is 0 Å². The minimum absolute atomic E-state index is 0.157. The van der Waals surface area contributed by atoms with Crippen LogP contribution in [0.4, 0.5) is 16.3 Å². The van der Waals surface area contributed by atoms with Crippen LogP contribution in [0.15, 0.2) is 107 Å². The molecule has 1 aliphatic rings. The molecule has 0 unspecified atom stereocenters. The third-order valence-electron chi connectivity index (χ3n) is 6.98. The quantitative estimate of drug-likeness (QED) is 0.139. The molecular formula is C33H29N5O4. The molecule has 210 valence electrons. The summed E-state index contributed by atoms with van der Waals surface area (Å²) in [5, 5.41) is 29.6. The average Bonchev–Trinajstić information content (AvgIpc) is 3.40. The van der Waals surface area contributed by atoms with E-state index in [0.29, 0.717) is 35.9 Å². The summed E-state index contributed by atoms with van der Waals surface area (Å²) in [5.41, 5.74) is 5.52. The van der Waals surface area contributed by atoms with Gasteiger partial charge in [0.15, 0.2) is 0 Å². The average molecular weight is 560 g/mol. The molecule has 0 fully saturated rings. The van der Waals surface area contributed by atoms with Gasteiger partial charge in [-0.2, -0.15) is 0 Å². The number of phenolic OH excluding ortho intramolecular Hbond substituents is 2. The largest absolute Gasteiger partial charge is 0.508 e. The van der Waals surface area contributed by atoms with Crippen molar-refractivity contribution in [3.8, 4) is 33.9 Å². The molecule has 3 aromatic carbocycles. The Hall–Kier alpha value is -5.57. The number of rotatable bonds is 8. The van der Waals surface area contributed by atoms with Crippen LogP contribution < -0.4 is 16.0 Å². The maximum Gasteiger partial charge on any atom is 0.323 e. The first-order valence-corrected chi connectivity index (χ1v) is 13.7. The number of carbonyl (C=O) groups excluding carboxylic acids is 1. The molecule has 0 saturated heterocycles. The number of hydrogen-bond donors (Lipinski definition) is 5. The molecule has 5 N–H and O–H groups in total. The number of fused-ring (bicyclic) bond motifs is 1. The molecule has 0 aliphatic heterocycles. The molecule has 2 amide bonds. The number of amides is 2. The zero-order valence-electron chi connectivity index (χ0n) is 22.7. The molecule has 0 bridgehead atoms. The normalized spacial score (nSPS) is 12.6. The summed E-state index contributed by atoms with van der Waals surface area (Å²) in [4.78, 5) is 21.2. The monoisotopic (exact) mass is 559 g/mol. The van der Waals surface area contributed by atoms with E-state index in [4.69, 9.17) is 4.42 Å². The fraction of sp³-hybridized carbons (Fsp3) is 0.121. The summed E-state index contributed by atoms with van der Waals surface area (Å²) >= 11 is 0. The second-order valence-corrected chi connectivity index (χ2v) is 9.91. The topological polar surface area (TPSA) is 133 Å². The van der Waals surface area contributed by atoms with Gasteiger partial charge in [-0.1, -0.05) is 36.4 Å². The Balaban J connectivity index is 1.19. The molecule has 1 aliphatic carbocycles. The van der Waals surface area contributed by atoms with E-state index < -0.39 is 0 Å². The van der Waals surface area contributed by atoms with Crippen LogP contribution >= 0.6 is 0 Å². The van der Waals surface area contributed by atoms with Gasteiger partial charge in [-0.15, -0.1) is 0 Å². The zero-order valence-corrected chi connectivity index (χ0v) is 22.7. The molecule has 6 rings (SSSR count). The summed E-state index contributed by atoms with van der Waals surface area (Å²) in [5.74, 6) is 1.53. The summed E-state index contributed by atoms with van der Waals surface area (Å²) in [6, 6.07) is 21.1. The number of nitrogens with one attached hydrogen (secondary N) is 3. The third-order valence-corrected chi connectivity index (χ3v) is 6.98. The summed E-state index contributed by atoms with van der Waals surface area (Å²) in [6.07, 6.45) is 9.85. The van der Waals surface area contributed by atoms with Gasteiger partial charge in [-0.25, -0.2) is 14.8 Å². The Kier molecular flexibility index (Phi) is 7.54. The lowest BCUT2D eigenvalue weighted by molar-refractivity contribution is 0.254. The Labute approximate surface area is 242 Å². The molecule has 2 aromatic heterocycles. The maximum absolute atomic E-state index is 12.3. The Morgan fingerprint density at radius 3 is 2.26 bits per heavy atom. The van der Waals surface area contributed by atoms with Crippen molar-refractivity contribution in [3.05, 3.63) is 109 Å². The van der Waals surface area contributed by atoms with Crippen LogP contribution in [0.5, 0.6) is 11.5 Å². The van der Waals surface area contributed by atoms with Crippen molar-refractivity contribution in [1.82, 2.24) is 15.3 Å². The minimum atomic E-state index is -0.255. The van der Waals surface area contributed by atoms with E-state index in [-0.39, 0.29) is 17.5 Å². The molecule has 2 heterocycles. The maximum atomic E-state index is 12.3. The van der Waals surface area contributed by atoms with Gasteiger partial charge in [0.05, 0.1) is 5.39 Å². The number of benzene rings is 3. The summed E-state index contributed by atoms with van der Waals surface area (Å²) in [7, 11) is 0. The van der Waals surface area contributed by atoms with Crippen LogP contribution in [0.1, 0.15) is 18.4 Å². The predicted molar refractivity (Wildman–Crippen MR) is 163 cm³/mol. The van der Waals surface area contributed by atoms with Gasteiger partial charge in [0.2, 0.25) is 5.71 Å². The van der Waals surface area contributed by atoms with E-state index in [1.807, 2.05) is 48.6 Å². The first kappa shape index (κ1) is 26.6. The molecule has 42 heavy (non-hydrogen) atoms. The number of nitrogens with zero attached hydrogens (tertiary/aromatic N) is 2. The van der Waals surface area contributed by atoms with Crippen LogP contribution in [0.3, 0.4) is 0 Å². The van der Waals surface area contributed by atoms with Crippen molar-refractivity contribution < 1.29 is 19.4 Å². The van der Waals surface area contributed by atoms with Crippen LogP contribution in [0.25, 0.3) is 33.6 Å². The van der Waals surface area contributed by atoms with E-state index in [1.54, 1.807) is 36.4 Å². The van der Waals surface area contributed by atoms with Gasteiger partial charge in [0.25, 0.3) is 0 Å². The number of furan rings is 1. The molecule has 9 heteroatoms. The van der Waals surface area contributed by atoms with E-state index in [1.165, 1.54) is 6.33 Å². The number of hydrogen-bond acceptors (Lipinski definition) is 7. The van der Waals surface area contributed by atoms with Crippen molar-refractivity contribution >= 4 is 28.6 Å². The van der Waals surface area contributed by atoms with Crippen molar-refractivity contribution in [3.63, 3.8) is 0 Å². The lowest BCUT2D eigenvalue weighted by atomic mass is 9.99. The number of urea groups is 1. The number of aromatic hydroxyl groups is 2. The summed E-state index contributed by atoms with van der Waals surface area (Å²) < 4.78 is 6.23. The highest BCUT2D eigenvalue weighted by Gasteiger charge is 2.22. The molecule has 0 radical (unpaired) electrons. The molecule has 0 spiro atoms. The van der Waals surface area contributed by atoms with E-state index in [9.17, 15) is 15.0 Å². The number of phenols is 2. The number of allylic oxidation sites excluding steroid dienone is 4. The number of carbonyl (C=O) groups is 1. The highest BCUT2D eigenvalue weighted by Crippen LogP contribution is 2.43. The highest BCUT2D eigenvalue weighted by atomic mass is 16.3. The Morgan fingerprint density at radius 1 is 0.857 bits per heavy atom. The number of aromatic nitrogens is 2. The molecule has 5 aromatic rings. The summed E-state index contributed by atoms with van der Waals surface area (Å²) in [6.45, 7) is 0.593. The fourth-order valence-electron chi connectivity index (χ4n) is 4.88. The first-order chi connectivity index (χ1) is 20.5. The smallest absolute Gasteiger partial charge is 0.323 e. The first-order valence-electron chi connectivity index (χ1n) is 13.7. The van der Waals surface area contributed by atoms with Crippen LogP contribution in [0, 0.1) is 0 Å². The van der Waals surface area contributed by atoms with E-state index in [2.05, 4.69) is 32.0 Å². The SMILES string of the molecule is O=C(NC1=CC=CCC1)Nc1ccc(CCNc2ncnc3oc(-c4ccc(O)cc4)c(-c4ccc(O)cc4)c23)cc1. The van der Waals surface area contributed by atoms with E-state index >= 15 is 0 Å². The van der Waals surface area contributed by atoms with Gasteiger partial charge in [-0.3, -0.25) is 0 Å².